The first-order chi connectivity index (χ1) is 11.9. The first kappa shape index (κ1) is 17.3. The maximum absolute atomic E-state index is 13.4. The van der Waals surface area contributed by atoms with Crippen LogP contribution in [0.1, 0.15) is 28.2 Å². The lowest BCUT2D eigenvalue weighted by molar-refractivity contribution is 0.0779. The number of aromatic nitrogens is 2. The smallest absolute Gasteiger partial charge is 0.253 e. The minimum atomic E-state index is -0.294. The Morgan fingerprint density at radius 3 is 2.96 bits per heavy atom. The van der Waals surface area contributed by atoms with E-state index in [-0.39, 0.29) is 17.8 Å². The van der Waals surface area contributed by atoms with Crippen LogP contribution in [0.5, 0.6) is 0 Å². The van der Waals surface area contributed by atoms with Crippen LogP contribution in [0, 0.1) is 12.7 Å². The Kier molecular flexibility index (Phi) is 4.94. The number of aryl methyl sites for hydroxylation is 1. The highest BCUT2D eigenvalue weighted by Gasteiger charge is 2.29. The molecule has 0 aliphatic carbocycles. The molecule has 0 radical (unpaired) electrons. The van der Waals surface area contributed by atoms with Crippen molar-refractivity contribution in [3.05, 3.63) is 53.2 Å². The number of nitrogens with two attached hydrogens (primary N) is 1. The van der Waals surface area contributed by atoms with Crippen molar-refractivity contribution in [2.75, 3.05) is 25.9 Å². The maximum Gasteiger partial charge on any atom is 0.253 e. The molecular weight excluding hydrogens is 321 g/mol. The van der Waals surface area contributed by atoms with Crippen LogP contribution in [0.4, 0.5) is 10.2 Å². The number of amides is 1. The molecule has 3 rings (SSSR count). The lowest BCUT2D eigenvalue weighted by Crippen LogP contribution is -2.36. The van der Waals surface area contributed by atoms with E-state index >= 15 is 0 Å². The van der Waals surface area contributed by atoms with E-state index in [1.165, 1.54) is 6.07 Å². The van der Waals surface area contributed by atoms with E-state index in [0.29, 0.717) is 42.4 Å². The molecule has 1 saturated heterocycles. The molecule has 6 nitrogen and oxygen atoms in total. The zero-order chi connectivity index (χ0) is 18.0. The van der Waals surface area contributed by atoms with Gasteiger partial charge in [-0.3, -0.25) is 9.69 Å². The number of rotatable bonds is 4. The zero-order valence-electron chi connectivity index (χ0n) is 14.4. The van der Waals surface area contributed by atoms with Crippen molar-refractivity contribution in [2.24, 2.45) is 0 Å². The summed E-state index contributed by atoms with van der Waals surface area (Å²) in [5, 5.41) is 0. The summed E-state index contributed by atoms with van der Waals surface area (Å²) >= 11 is 0. The summed E-state index contributed by atoms with van der Waals surface area (Å²) in [6.07, 6.45) is 2.53. The molecule has 1 atom stereocenters. The van der Waals surface area contributed by atoms with Crippen molar-refractivity contribution < 1.29 is 9.18 Å². The Morgan fingerprint density at radius 2 is 2.24 bits per heavy atom. The maximum atomic E-state index is 13.4. The van der Waals surface area contributed by atoms with Gasteiger partial charge in [0.05, 0.1) is 6.54 Å². The molecule has 25 heavy (non-hydrogen) atoms. The topological polar surface area (TPSA) is 75.4 Å². The molecule has 132 valence electrons. The van der Waals surface area contributed by atoms with Crippen molar-refractivity contribution in [1.29, 1.82) is 0 Å². The molecule has 1 aromatic heterocycles. The normalized spacial score (nSPS) is 17.3. The van der Waals surface area contributed by atoms with E-state index in [4.69, 9.17) is 5.73 Å². The molecule has 0 saturated carbocycles. The van der Waals surface area contributed by atoms with Crippen LogP contribution in [0.25, 0.3) is 0 Å². The summed E-state index contributed by atoms with van der Waals surface area (Å²) in [6.45, 7) is 3.56. The largest absolute Gasteiger partial charge is 0.384 e. The number of nitrogen functional groups attached to an aromatic ring is 1. The Labute approximate surface area is 146 Å². The Balaban J connectivity index is 1.62. The molecule has 1 fully saturated rings. The quantitative estimate of drug-likeness (QED) is 0.917. The van der Waals surface area contributed by atoms with Gasteiger partial charge >= 0.3 is 0 Å². The van der Waals surface area contributed by atoms with Gasteiger partial charge in [0.2, 0.25) is 0 Å². The van der Waals surface area contributed by atoms with E-state index in [9.17, 15) is 9.18 Å². The standard InChI is InChI=1S/C18H22FN5O/c1-12-9-13(3-4-15(12)19)18(25)24-8-6-14(10-24)23(2)11-17-21-7-5-16(20)22-17/h3-5,7,9,14H,6,8,10-11H2,1-2H3,(H2,20,21,22)/t14-/m0/s1. The highest BCUT2D eigenvalue weighted by atomic mass is 19.1. The molecule has 7 heteroatoms. The minimum absolute atomic E-state index is 0.0563. The van der Waals surface area contributed by atoms with Gasteiger partial charge in [0.1, 0.15) is 17.5 Å². The van der Waals surface area contributed by atoms with Crippen LogP contribution in [-0.4, -0.2) is 51.9 Å². The zero-order valence-corrected chi connectivity index (χ0v) is 14.4. The van der Waals surface area contributed by atoms with E-state index in [0.717, 1.165) is 6.42 Å². The molecule has 2 N–H and O–H groups in total. The van der Waals surface area contributed by atoms with Gasteiger partial charge in [-0.05, 0) is 50.2 Å². The van der Waals surface area contributed by atoms with Crippen LogP contribution in [0.15, 0.2) is 30.5 Å². The second-order valence-corrected chi connectivity index (χ2v) is 6.47. The summed E-state index contributed by atoms with van der Waals surface area (Å²) in [6, 6.07) is 6.39. The highest BCUT2D eigenvalue weighted by Crippen LogP contribution is 2.19. The number of hydrogen-bond donors (Lipinski definition) is 1. The first-order valence-electron chi connectivity index (χ1n) is 8.27. The average Bonchev–Trinajstić information content (AvgIpc) is 3.07. The van der Waals surface area contributed by atoms with Crippen molar-refractivity contribution >= 4 is 11.7 Å². The van der Waals surface area contributed by atoms with Gasteiger partial charge in [-0.15, -0.1) is 0 Å². The van der Waals surface area contributed by atoms with E-state index in [1.54, 1.807) is 31.3 Å². The monoisotopic (exact) mass is 343 g/mol. The van der Waals surface area contributed by atoms with Gasteiger partial charge in [-0.25, -0.2) is 14.4 Å². The van der Waals surface area contributed by atoms with Crippen molar-refractivity contribution in [3.8, 4) is 0 Å². The van der Waals surface area contributed by atoms with Crippen LogP contribution < -0.4 is 5.73 Å². The molecule has 1 aliphatic heterocycles. The third-order valence-electron chi connectivity index (χ3n) is 4.60. The predicted octanol–water partition coefficient (Wildman–Crippen LogP) is 1.85. The second-order valence-electron chi connectivity index (χ2n) is 6.47. The second kappa shape index (κ2) is 7.14. The van der Waals surface area contributed by atoms with Gasteiger partial charge in [0, 0.05) is 30.9 Å². The number of carbonyl (C=O) groups excluding carboxylic acids is 1. The lowest BCUT2D eigenvalue weighted by Gasteiger charge is -2.24. The fraction of sp³-hybridized carbons (Fsp3) is 0.389. The molecule has 0 unspecified atom stereocenters. The fourth-order valence-corrected chi connectivity index (χ4v) is 3.09. The number of likely N-dealkylation sites (tertiary alicyclic amines) is 1. The van der Waals surface area contributed by atoms with E-state index in [2.05, 4.69) is 14.9 Å². The Morgan fingerprint density at radius 1 is 1.44 bits per heavy atom. The molecule has 2 aromatic rings. The van der Waals surface area contributed by atoms with E-state index in [1.807, 2.05) is 11.9 Å². The van der Waals surface area contributed by atoms with Crippen LogP contribution >= 0.6 is 0 Å². The SMILES string of the molecule is Cc1cc(C(=O)N2CC[C@H](N(C)Cc3nccc(N)n3)C2)ccc1F. The van der Waals surface area contributed by atoms with E-state index < -0.39 is 0 Å². The molecule has 0 bridgehead atoms. The number of benzene rings is 1. The Hall–Kier alpha value is -2.54. The van der Waals surface area contributed by atoms with Crippen LogP contribution in [0.3, 0.4) is 0 Å². The molecule has 1 aromatic carbocycles. The van der Waals surface area contributed by atoms with Crippen LogP contribution in [-0.2, 0) is 6.54 Å². The molecule has 1 aliphatic rings. The van der Waals surface area contributed by atoms with Gasteiger partial charge in [0.25, 0.3) is 5.91 Å². The summed E-state index contributed by atoms with van der Waals surface area (Å²) in [5.74, 6) is 0.770. The van der Waals surface area contributed by atoms with Gasteiger partial charge in [-0.1, -0.05) is 0 Å². The minimum Gasteiger partial charge on any atom is -0.384 e. The Bertz CT molecular complexity index is 782. The van der Waals surface area contributed by atoms with Crippen LogP contribution in [0.2, 0.25) is 0 Å². The summed E-state index contributed by atoms with van der Waals surface area (Å²) < 4.78 is 13.4. The van der Waals surface area contributed by atoms with Gasteiger partial charge in [-0.2, -0.15) is 0 Å². The van der Waals surface area contributed by atoms with Gasteiger partial charge < -0.3 is 10.6 Å². The highest BCUT2D eigenvalue weighted by molar-refractivity contribution is 5.94. The molecule has 0 spiro atoms. The number of likely N-dealkylation sites (N-methyl/N-ethyl adjacent to an activating group) is 1. The summed E-state index contributed by atoms with van der Waals surface area (Å²) in [4.78, 5) is 25.0. The fourth-order valence-electron chi connectivity index (χ4n) is 3.09. The van der Waals surface area contributed by atoms with Crippen molar-refractivity contribution in [1.82, 2.24) is 19.8 Å². The number of nitrogens with zero attached hydrogens (tertiary/aromatic N) is 4. The number of carbonyl (C=O) groups is 1. The van der Waals surface area contributed by atoms with Crippen molar-refractivity contribution in [3.63, 3.8) is 0 Å². The molecular formula is C18H22FN5O. The van der Waals surface area contributed by atoms with Gasteiger partial charge in [0.15, 0.2) is 0 Å². The number of halogens is 1. The average molecular weight is 343 g/mol. The number of anilines is 1. The molecule has 1 amide bonds. The number of hydrogen-bond acceptors (Lipinski definition) is 5. The summed E-state index contributed by atoms with van der Waals surface area (Å²) in [5.41, 5.74) is 6.70. The molecule has 2 heterocycles. The first-order valence-corrected chi connectivity index (χ1v) is 8.27. The third-order valence-corrected chi connectivity index (χ3v) is 4.60. The predicted molar refractivity (Wildman–Crippen MR) is 93.4 cm³/mol. The summed E-state index contributed by atoms with van der Waals surface area (Å²) in [7, 11) is 1.99. The van der Waals surface area contributed by atoms with Crippen molar-refractivity contribution in [2.45, 2.75) is 25.9 Å². The third kappa shape index (κ3) is 3.93. The lowest BCUT2D eigenvalue weighted by atomic mass is 10.1.